The summed E-state index contributed by atoms with van der Waals surface area (Å²) in [5.41, 5.74) is 0.187. The van der Waals surface area contributed by atoms with Crippen molar-refractivity contribution >= 4 is 28.3 Å². The molecule has 1 spiro atoms. The quantitative estimate of drug-likeness (QED) is 0.759. The molecule has 6 nitrogen and oxygen atoms in total. The number of carbonyl (C=O) groups is 1. The number of halogens is 1. The van der Waals surface area contributed by atoms with Crippen molar-refractivity contribution in [2.24, 2.45) is 11.3 Å². The first-order valence-corrected chi connectivity index (χ1v) is 12.0. The fourth-order valence-electron chi connectivity index (χ4n) is 5.50. The number of nitrogens with zero attached hydrogens (tertiary/aromatic N) is 2. The summed E-state index contributed by atoms with van der Waals surface area (Å²) < 4.78 is 28.3. The van der Waals surface area contributed by atoms with Crippen molar-refractivity contribution in [2.45, 2.75) is 63.0 Å². The van der Waals surface area contributed by atoms with E-state index in [1.807, 2.05) is 4.90 Å². The minimum atomic E-state index is -3.31. The molecule has 8 heteroatoms. The summed E-state index contributed by atoms with van der Waals surface area (Å²) in [5.74, 6) is 0.347. The van der Waals surface area contributed by atoms with Gasteiger partial charge in [-0.1, -0.05) is 12.8 Å². The number of amides is 1. The summed E-state index contributed by atoms with van der Waals surface area (Å²) in [6.45, 7) is 4.49. The Hall–Kier alpha value is -0.370. The Balaban J connectivity index is 0.00000210. The van der Waals surface area contributed by atoms with Crippen molar-refractivity contribution in [2.75, 3.05) is 39.3 Å². The maximum Gasteiger partial charge on any atom is 0.225 e. The second-order valence-corrected chi connectivity index (χ2v) is 11.1. The zero-order chi connectivity index (χ0) is 18.2. The topological polar surface area (TPSA) is 69.7 Å². The Bertz CT molecular complexity index is 630. The molecule has 0 aromatic carbocycles. The molecule has 4 rings (SSSR count). The first-order valence-electron chi connectivity index (χ1n) is 10.5. The molecule has 1 atom stereocenters. The Morgan fingerprint density at radius 3 is 2.37 bits per heavy atom. The van der Waals surface area contributed by atoms with Crippen molar-refractivity contribution in [1.29, 1.82) is 0 Å². The van der Waals surface area contributed by atoms with Gasteiger partial charge in [-0.15, -0.1) is 12.4 Å². The van der Waals surface area contributed by atoms with Gasteiger partial charge in [0.2, 0.25) is 15.9 Å². The lowest BCUT2D eigenvalue weighted by Crippen LogP contribution is -2.50. The number of likely N-dealkylation sites (tertiary alicyclic amines) is 1. The number of piperidine rings is 2. The number of sulfonamides is 1. The van der Waals surface area contributed by atoms with E-state index >= 15 is 0 Å². The lowest BCUT2D eigenvalue weighted by atomic mass is 9.78. The van der Waals surface area contributed by atoms with Crippen LogP contribution in [0.15, 0.2) is 0 Å². The van der Waals surface area contributed by atoms with Gasteiger partial charge in [-0.25, -0.2) is 12.7 Å². The summed E-state index contributed by atoms with van der Waals surface area (Å²) in [4.78, 5) is 14.6. The van der Waals surface area contributed by atoms with E-state index in [2.05, 4.69) is 5.32 Å². The molecule has 1 N–H and O–H groups in total. The van der Waals surface area contributed by atoms with Crippen LogP contribution in [0.4, 0.5) is 0 Å². The Kier molecular flexibility index (Phi) is 6.76. The first kappa shape index (κ1) is 21.3. The largest absolute Gasteiger partial charge is 0.341 e. The number of nitrogens with one attached hydrogen (secondary N) is 1. The van der Waals surface area contributed by atoms with Gasteiger partial charge in [0, 0.05) is 32.1 Å². The third-order valence-corrected chi connectivity index (χ3v) is 9.50. The van der Waals surface area contributed by atoms with Crippen LogP contribution in [-0.2, 0) is 14.8 Å². The van der Waals surface area contributed by atoms with E-state index in [-0.39, 0.29) is 29.6 Å². The van der Waals surface area contributed by atoms with Crippen LogP contribution in [0.3, 0.4) is 0 Å². The molecule has 3 aliphatic heterocycles. The second-order valence-electron chi connectivity index (χ2n) is 8.91. The predicted molar refractivity (Wildman–Crippen MR) is 108 cm³/mol. The van der Waals surface area contributed by atoms with E-state index in [9.17, 15) is 13.2 Å². The molecule has 156 valence electrons. The summed E-state index contributed by atoms with van der Waals surface area (Å²) in [7, 11) is -3.31. The van der Waals surface area contributed by atoms with E-state index in [1.54, 1.807) is 4.31 Å². The monoisotopic (exact) mass is 419 g/mol. The molecule has 1 saturated carbocycles. The van der Waals surface area contributed by atoms with Gasteiger partial charge in [-0.2, -0.15) is 0 Å². The third kappa shape index (κ3) is 4.31. The minimum Gasteiger partial charge on any atom is -0.341 e. The molecule has 1 amide bonds. The van der Waals surface area contributed by atoms with Crippen molar-refractivity contribution in [3.8, 4) is 0 Å². The SMILES string of the molecule is Cl.O=C(C1CCCC1)N1CCCC(S(=O)(=O)N2CCC3(CCNCC3)C2)C1. The molecular weight excluding hydrogens is 386 g/mol. The number of rotatable bonds is 3. The summed E-state index contributed by atoms with van der Waals surface area (Å²) in [6.07, 6.45) is 8.89. The van der Waals surface area contributed by atoms with Gasteiger partial charge in [0.05, 0.1) is 5.25 Å². The Morgan fingerprint density at radius 1 is 0.963 bits per heavy atom. The van der Waals surface area contributed by atoms with Gasteiger partial charge >= 0.3 is 0 Å². The minimum absolute atomic E-state index is 0. The first-order chi connectivity index (χ1) is 12.5. The molecule has 3 heterocycles. The molecule has 0 aromatic heterocycles. The number of hydrogen-bond donors (Lipinski definition) is 1. The van der Waals surface area contributed by atoms with E-state index in [0.717, 1.165) is 71.0 Å². The smallest absolute Gasteiger partial charge is 0.225 e. The second kappa shape index (κ2) is 8.56. The molecule has 4 aliphatic rings. The maximum absolute atomic E-state index is 13.3. The van der Waals surface area contributed by atoms with Gasteiger partial charge in [0.15, 0.2) is 0 Å². The van der Waals surface area contributed by atoms with Crippen LogP contribution >= 0.6 is 12.4 Å². The van der Waals surface area contributed by atoms with E-state index < -0.39 is 15.3 Å². The molecule has 4 fully saturated rings. The molecular formula is C19H34ClN3O3S. The van der Waals surface area contributed by atoms with Gasteiger partial charge < -0.3 is 10.2 Å². The fourth-order valence-corrected chi connectivity index (χ4v) is 7.55. The average Bonchev–Trinajstić information content (AvgIpc) is 3.33. The zero-order valence-electron chi connectivity index (χ0n) is 16.2. The Labute approximate surface area is 169 Å². The van der Waals surface area contributed by atoms with Gasteiger partial charge in [0.1, 0.15) is 0 Å². The molecule has 1 unspecified atom stereocenters. The molecule has 1 aliphatic carbocycles. The maximum atomic E-state index is 13.3. The van der Waals surface area contributed by atoms with Crippen molar-refractivity contribution in [3.63, 3.8) is 0 Å². The van der Waals surface area contributed by atoms with Crippen LogP contribution in [0.5, 0.6) is 0 Å². The summed E-state index contributed by atoms with van der Waals surface area (Å²) >= 11 is 0. The van der Waals surface area contributed by atoms with Crippen LogP contribution < -0.4 is 5.32 Å². The van der Waals surface area contributed by atoms with Gasteiger partial charge in [0.25, 0.3) is 0 Å². The highest BCUT2D eigenvalue weighted by atomic mass is 35.5. The highest BCUT2D eigenvalue weighted by molar-refractivity contribution is 7.89. The highest BCUT2D eigenvalue weighted by Crippen LogP contribution is 2.40. The fraction of sp³-hybridized carbons (Fsp3) is 0.947. The van der Waals surface area contributed by atoms with Crippen LogP contribution in [-0.4, -0.2) is 68.0 Å². The lowest BCUT2D eigenvalue weighted by molar-refractivity contribution is -0.136. The standard InChI is InChI=1S/C19H33N3O3S.ClH/c23-18(16-4-1-2-5-16)21-12-3-6-17(14-21)26(24,25)22-13-9-19(15-22)7-10-20-11-8-19;/h16-17,20H,1-15H2;1H. The summed E-state index contributed by atoms with van der Waals surface area (Å²) in [6, 6.07) is 0. The van der Waals surface area contributed by atoms with Gasteiger partial charge in [-0.05, 0) is 63.5 Å². The van der Waals surface area contributed by atoms with Crippen LogP contribution in [0.25, 0.3) is 0 Å². The summed E-state index contributed by atoms with van der Waals surface area (Å²) in [5, 5.41) is 2.98. The van der Waals surface area contributed by atoms with Crippen LogP contribution in [0, 0.1) is 11.3 Å². The normalized spacial score (nSPS) is 29.8. The van der Waals surface area contributed by atoms with Crippen LogP contribution in [0.1, 0.15) is 57.8 Å². The predicted octanol–water partition coefficient (Wildman–Crippen LogP) is 1.99. The van der Waals surface area contributed by atoms with Crippen molar-refractivity contribution < 1.29 is 13.2 Å². The molecule has 0 radical (unpaired) electrons. The van der Waals surface area contributed by atoms with Crippen LogP contribution in [0.2, 0.25) is 0 Å². The molecule has 27 heavy (non-hydrogen) atoms. The zero-order valence-corrected chi connectivity index (χ0v) is 17.8. The number of carbonyl (C=O) groups excluding carboxylic acids is 1. The highest BCUT2D eigenvalue weighted by Gasteiger charge is 2.46. The van der Waals surface area contributed by atoms with E-state index in [1.165, 1.54) is 0 Å². The third-order valence-electron chi connectivity index (χ3n) is 7.24. The number of hydrogen-bond acceptors (Lipinski definition) is 4. The molecule has 0 bridgehead atoms. The lowest BCUT2D eigenvalue weighted by Gasteiger charge is -2.37. The van der Waals surface area contributed by atoms with Crippen molar-refractivity contribution in [1.82, 2.24) is 14.5 Å². The molecule has 3 saturated heterocycles. The van der Waals surface area contributed by atoms with E-state index in [0.29, 0.717) is 26.1 Å². The Morgan fingerprint density at radius 2 is 1.67 bits per heavy atom. The molecule has 0 aromatic rings. The average molecular weight is 420 g/mol. The van der Waals surface area contributed by atoms with Gasteiger partial charge in [-0.3, -0.25) is 4.79 Å². The van der Waals surface area contributed by atoms with Crippen molar-refractivity contribution in [3.05, 3.63) is 0 Å². The van der Waals surface area contributed by atoms with E-state index in [4.69, 9.17) is 0 Å².